The van der Waals surface area contributed by atoms with Crippen molar-refractivity contribution in [3.05, 3.63) is 63.9 Å². The Morgan fingerprint density at radius 1 is 1.29 bits per heavy atom. The predicted molar refractivity (Wildman–Crippen MR) is 83.1 cm³/mol. The standard InChI is InChI=1S/C16H15BrFNO2/c1-19-9-15(20)12-7-13(17)16(14(18)8-12)21-10-11-5-3-2-4-6-11/h2-8,19H,9-10H2,1H3. The predicted octanol–water partition coefficient (Wildman–Crippen LogP) is 3.57. The summed E-state index contributed by atoms with van der Waals surface area (Å²) >= 11 is 3.25. The number of hydrogen-bond acceptors (Lipinski definition) is 3. The third-order valence-electron chi connectivity index (χ3n) is 2.88. The third kappa shape index (κ3) is 4.12. The highest BCUT2D eigenvalue weighted by Crippen LogP contribution is 2.30. The van der Waals surface area contributed by atoms with Crippen molar-refractivity contribution in [3.63, 3.8) is 0 Å². The molecule has 0 aliphatic carbocycles. The molecule has 5 heteroatoms. The van der Waals surface area contributed by atoms with E-state index in [9.17, 15) is 9.18 Å². The molecule has 0 fully saturated rings. The summed E-state index contributed by atoms with van der Waals surface area (Å²) in [5.41, 5.74) is 1.25. The Bertz CT molecular complexity index is 608. The maximum absolute atomic E-state index is 14.1. The van der Waals surface area contributed by atoms with Gasteiger partial charge in [0, 0.05) is 5.56 Å². The summed E-state index contributed by atoms with van der Waals surface area (Å²) in [6.45, 7) is 0.427. The van der Waals surface area contributed by atoms with Gasteiger partial charge in [-0.2, -0.15) is 0 Å². The van der Waals surface area contributed by atoms with Crippen LogP contribution in [0.1, 0.15) is 15.9 Å². The second-order valence-electron chi connectivity index (χ2n) is 4.50. The number of benzene rings is 2. The summed E-state index contributed by atoms with van der Waals surface area (Å²) in [4.78, 5) is 11.7. The van der Waals surface area contributed by atoms with E-state index in [1.165, 1.54) is 6.07 Å². The summed E-state index contributed by atoms with van der Waals surface area (Å²) in [5, 5.41) is 2.75. The van der Waals surface area contributed by atoms with E-state index in [1.807, 2.05) is 30.3 Å². The molecule has 0 saturated heterocycles. The van der Waals surface area contributed by atoms with E-state index in [2.05, 4.69) is 21.2 Å². The van der Waals surface area contributed by atoms with Gasteiger partial charge in [-0.25, -0.2) is 4.39 Å². The highest BCUT2D eigenvalue weighted by atomic mass is 79.9. The molecule has 1 N–H and O–H groups in total. The highest BCUT2D eigenvalue weighted by Gasteiger charge is 2.14. The molecule has 3 nitrogen and oxygen atoms in total. The van der Waals surface area contributed by atoms with E-state index in [0.717, 1.165) is 5.56 Å². The van der Waals surface area contributed by atoms with Crippen molar-refractivity contribution < 1.29 is 13.9 Å². The van der Waals surface area contributed by atoms with Crippen LogP contribution < -0.4 is 10.1 Å². The van der Waals surface area contributed by atoms with Crippen molar-refractivity contribution >= 4 is 21.7 Å². The molecular weight excluding hydrogens is 337 g/mol. The molecule has 0 aliphatic heterocycles. The van der Waals surface area contributed by atoms with Crippen molar-refractivity contribution in [1.82, 2.24) is 5.32 Å². The van der Waals surface area contributed by atoms with E-state index >= 15 is 0 Å². The minimum absolute atomic E-state index is 0.111. The van der Waals surface area contributed by atoms with E-state index in [1.54, 1.807) is 13.1 Å². The van der Waals surface area contributed by atoms with E-state index in [4.69, 9.17) is 4.74 Å². The number of rotatable bonds is 6. The highest BCUT2D eigenvalue weighted by molar-refractivity contribution is 9.10. The molecule has 0 spiro atoms. The molecule has 0 aromatic heterocycles. The van der Waals surface area contributed by atoms with Crippen molar-refractivity contribution in [2.45, 2.75) is 6.61 Å². The van der Waals surface area contributed by atoms with Gasteiger partial charge in [-0.05, 0) is 40.7 Å². The first-order valence-corrected chi connectivity index (χ1v) is 7.24. The molecule has 0 heterocycles. The van der Waals surface area contributed by atoms with Crippen LogP contribution in [0.3, 0.4) is 0 Å². The molecule has 0 saturated carbocycles. The van der Waals surface area contributed by atoms with Gasteiger partial charge in [0.2, 0.25) is 0 Å². The molecule has 110 valence electrons. The number of ether oxygens (including phenoxy) is 1. The van der Waals surface area contributed by atoms with Crippen molar-refractivity contribution in [1.29, 1.82) is 0 Å². The first-order chi connectivity index (χ1) is 10.1. The summed E-state index contributed by atoms with van der Waals surface area (Å²) in [7, 11) is 1.67. The van der Waals surface area contributed by atoms with Crippen LogP contribution in [-0.4, -0.2) is 19.4 Å². The van der Waals surface area contributed by atoms with Crippen LogP contribution in [0.4, 0.5) is 4.39 Å². The second kappa shape index (κ2) is 7.33. The van der Waals surface area contributed by atoms with E-state index < -0.39 is 5.82 Å². The Morgan fingerprint density at radius 3 is 2.62 bits per heavy atom. The SMILES string of the molecule is CNCC(=O)c1cc(F)c(OCc2ccccc2)c(Br)c1. The van der Waals surface area contributed by atoms with Crippen LogP contribution in [0.2, 0.25) is 0 Å². The number of nitrogens with one attached hydrogen (secondary N) is 1. The number of ketones is 1. The van der Waals surface area contributed by atoms with Gasteiger partial charge >= 0.3 is 0 Å². The van der Waals surface area contributed by atoms with Gasteiger partial charge in [0.25, 0.3) is 0 Å². The molecule has 0 radical (unpaired) electrons. The quantitative estimate of drug-likeness (QED) is 0.808. The molecule has 2 aromatic carbocycles. The zero-order valence-electron chi connectivity index (χ0n) is 11.5. The van der Waals surface area contributed by atoms with Crippen LogP contribution in [-0.2, 0) is 6.61 Å². The lowest BCUT2D eigenvalue weighted by molar-refractivity contribution is 0.0993. The molecule has 0 amide bonds. The van der Waals surface area contributed by atoms with E-state index in [0.29, 0.717) is 10.0 Å². The fraction of sp³-hybridized carbons (Fsp3) is 0.188. The normalized spacial score (nSPS) is 10.4. The topological polar surface area (TPSA) is 38.3 Å². The molecule has 0 bridgehead atoms. The number of carbonyl (C=O) groups excluding carboxylic acids is 1. The zero-order valence-corrected chi connectivity index (χ0v) is 13.1. The largest absolute Gasteiger partial charge is 0.485 e. The molecule has 21 heavy (non-hydrogen) atoms. The molecule has 0 unspecified atom stereocenters. The Hall–Kier alpha value is -1.72. The number of Topliss-reactive ketones (excluding diaryl/α,β-unsaturated/α-hetero) is 1. The van der Waals surface area contributed by atoms with Crippen LogP contribution >= 0.6 is 15.9 Å². The van der Waals surface area contributed by atoms with Crippen LogP contribution in [0.25, 0.3) is 0 Å². The lowest BCUT2D eigenvalue weighted by Gasteiger charge is -2.11. The maximum atomic E-state index is 14.1. The van der Waals surface area contributed by atoms with Crippen molar-refractivity contribution in [2.24, 2.45) is 0 Å². The minimum atomic E-state index is -0.556. The van der Waals surface area contributed by atoms with Gasteiger partial charge in [-0.1, -0.05) is 30.3 Å². The van der Waals surface area contributed by atoms with E-state index in [-0.39, 0.29) is 24.7 Å². The van der Waals surface area contributed by atoms with Crippen LogP contribution in [0.5, 0.6) is 5.75 Å². The zero-order chi connectivity index (χ0) is 15.2. The number of likely N-dealkylation sites (N-methyl/N-ethyl adjacent to an activating group) is 1. The molecule has 2 rings (SSSR count). The Balaban J connectivity index is 2.15. The monoisotopic (exact) mass is 351 g/mol. The lowest BCUT2D eigenvalue weighted by atomic mass is 10.1. The van der Waals surface area contributed by atoms with Crippen molar-refractivity contribution in [2.75, 3.05) is 13.6 Å². The Morgan fingerprint density at radius 2 is 2.00 bits per heavy atom. The second-order valence-corrected chi connectivity index (χ2v) is 5.35. The van der Waals surface area contributed by atoms with Gasteiger partial charge in [-0.3, -0.25) is 4.79 Å². The minimum Gasteiger partial charge on any atom is -0.485 e. The maximum Gasteiger partial charge on any atom is 0.176 e. The fourth-order valence-corrected chi connectivity index (χ4v) is 2.40. The first kappa shape index (κ1) is 15.7. The molecule has 2 aromatic rings. The van der Waals surface area contributed by atoms with Gasteiger partial charge < -0.3 is 10.1 Å². The molecular formula is C16H15BrFNO2. The van der Waals surface area contributed by atoms with Crippen LogP contribution in [0.15, 0.2) is 46.9 Å². The Kier molecular flexibility index (Phi) is 5.47. The number of hydrogen-bond donors (Lipinski definition) is 1. The number of carbonyl (C=O) groups is 1. The average molecular weight is 352 g/mol. The summed E-state index contributed by atoms with van der Waals surface area (Å²) < 4.78 is 20.0. The van der Waals surface area contributed by atoms with Gasteiger partial charge in [0.05, 0.1) is 11.0 Å². The van der Waals surface area contributed by atoms with Crippen molar-refractivity contribution in [3.8, 4) is 5.75 Å². The summed E-state index contributed by atoms with van der Waals surface area (Å²) in [6, 6.07) is 12.3. The van der Waals surface area contributed by atoms with Gasteiger partial charge in [0.15, 0.2) is 17.3 Å². The summed E-state index contributed by atoms with van der Waals surface area (Å²) in [6.07, 6.45) is 0. The molecule has 0 atom stereocenters. The number of halogens is 2. The molecule has 0 aliphatic rings. The van der Waals surface area contributed by atoms with Crippen LogP contribution in [0, 0.1) is 5.82 Å². The van der Waals surface area contributed by atoms with Gasteiger partial charge in [0.1, 0.15) is 6.61 Å². The Labute approximate surface area is 131 Å². The van der Waals surface area contributed by atoms with Gasteiger partial charge in [-0.15, -0.1) is 0 Å². The smallest absolute Gasteiger partial charge is 0.176 e. The summed E-state index contributed by atoms with van der Waals surface area (Å²) in [5.74, 6) is -0.619. The fourth-order valence-electron chi connectivity index (χ4n) is 1.85. The first-order valence-electron chi connectivity index (χ1n) is 6.45. The average Bonchev–Trinajstić information content (AvgIpc) is 2.47. The lowest BCUT2D eigenvalue weighted by Crippen LogP contribution is -2.18. The third-order valence-corrected chi connectivity index (χ3v) is 3.47.